The summed E-state index contributed by atoms with van der Waals surface area (Å²) in [7, 11) is 3.07. The summed E-state index contributed by atoms with van der Waals surface area (Å²) in [6.45, 7) is 1.45. The maximum absolute atomic E-state index is 11.9. The summed E-state index contributed by atoms with van der Waals surface area (Å²) in [6, 6.07) is 7.37. The Labute approximate surface area is 141 Å². The third kappa shape index (κ3) is 3.59. The van der Waals surface area contributed by atoms with E-state index in [1.807, 2.05) is 24.3 Å². The SMILES string of the molecule is COC(=O)C1CCCCN1Cc1coc(-c2ccc(OC)cc2)n1. The summed E-state index contributed by atoms with van der Waals surface area (Å²) in [4.78, 5) is 18.6. The van der Waals surface area contributed by atoms with Crippen LogP contribution in [0.1, 0.15) is 25.0 Å². The van der Waals surface area contributed by atoms with E-state index >= 15 is 0 Å². The Hall–Kier alpha value is -2.34. The van der Waals surface area contributed by atoms with Gasteiger partial charge < -0.3 is 13.9 Å². The van der Waals surface area contributed by atoms with Crippen LogP contribution in [0.3, 0.4) is 0 Å². The number of likely N-dealkylation sites (tertiary alicyclic amines) is 1. The summed E-state index contributed by atoms with van der Waals surface area (Å²) < 4.78 is 15.7. The lowest BCUT2D eigenvalue weighted by atomic mass is 10.0. The molecule has 6 nitrogen and oxygen atoms in total. The number of piperidine rings is 1. The van der Waals surface area contributed by atoms with Crippen molar-refractivity contribution in [1.82, 2.24) is 9.88 Å². The molecule has 0 saturated carbocycles. The molecule has 2 aromatic rings. The second-order valence-electron chi connectivity index (χ2n) is 5.88. The van der Waals surface area contributed by atoms with E-state index in [4.69, 9.17) is 13.9 Å². The van der Waals surface area contributed by atoms with Gasteiger partial charge in [0.05, 0.1) is 19.9 Å². The molecule has 6 heteroatoms. The first-order valence-corrected chi connectivity index (χ1v) is 8.12. The lowest BCUT2D eigenvalue weighted by Crippen LogP contribution is -2.44. The molecule has 1 unspecified atom stereocenters. The van der Waals surface area contributed by atoms with Crippen molar-refractivity contribution in [3.8, 4) is 17.2 Å². The minimum Gasteiger partial charge on any atom is -0.497 e. The number of oxazole rings is 1. The minimum atomic E-state index is -0.190. The van der Waals surface area contributed by atoms with Crippen molar-refractivity contribution in [2.75, 3.05) is 20.8 Å². The molecule has 1 aliphatic rings. The first-order chi connectivity index (χ1) is 11.7. The van der Waals surface area contributed by atoms with E-state index in [9.17, 15) is 4.79 Å². The number of carbonyl (C=O) groups is 1. The Balaban J connectivity index is 1.71. The van der Waals surface area contributed by atoms with Crippen LogP contribution in [0.2, 0.25) is 0 Å². The number of aromatic nitrogens is 1. The van der Waals surface area contributed by atoms with Crippen LogP contribution in [0.5, 0.6) is 5.75 Å². The van der Waals surface area contributed by atoms with Crippen molar-refractivity contribution in [2.24, 2.45) is 0 Å². The number of nitrogens with zero attached hydrogens (tertiary/aromatic N) is 2. The first kappa shape index (κ1) is 16.5. The minimum absolute atomic E-state index is 0.173. The van der Waals surface area contributed by atoms with E-state index in [-0.39, 0.29) is 12.0 Å². The molecule has 0 N–H and O–H groups in total. The monoisotopic (exact) mass is 330 g/mol. The van der Waals surface area contributed by atoms with Crippen molar-refractivity contribution in [2.45, 2.75) is 31.8 Å². The molecule has 1 aromatic heterocycles. The van der Waals surface area contributed by atoms with E-state index < -0.39 is 0 Å². The molecular formula is C18H22N2O4. The van der Waals surface area contributed by atoms with Gasteiger partial charge in [-0.05, 0) is 43.7 Å². The van der Waals surface area contributed by atoms with Gasteiger partial charge in [0.15, 0.2) is 0 Å². The van der Waals surface area contributed by atoms with Gasteiger partial charge in [0.2, 0.25) is 5.89 Å². The lowest BCUT2D eigenvalue weighted by Gasteiger charge is -2.32. The summed E-state index contributed by atoms with van der Waals surface area (Å²) in [6.07, 6.45) is 4.61. The van der Waals surface area contributed by atoms with Crippen LogP contribution in [0.15, 0.2) is 34.9 Å². The number of hydrogen-bond acceptors (Lipinski definition) is 6. The zero-order chi connectivity index (χ0) is 16.9. The van der Waals surface area contributed by atoms with Gasteiger partial charge in [0.25, 0.3) is 0 Å². The molecule has 0 bridgehead atoms. The van der Waals surface area contributed by atoms with Crippen LogP contribution in [-0.2, 0) is 16.1 Å². The molecule has 0 radical (unpaired) electrons. The summed E-state index contributed by atoms with van der Waals surface area (Å²) >= 11 is 0. The van der Waals surface area contributed by atoms with E-state index in [1.165, 1.54) is 7.11 Å². The molecule has 1 atom stereocenters. The zero-order valence-electron chi connectivity index (χ0n) is 14.0. The Morgan fingerprint density at radius 3 is 2.79 bits per heavy atom. The molecule has 3 rings (SSSR count). The van der Waals surface area contributed by atoms with Gasteiger partial charge in [-0.1, -0.05) is 6.42 Å². The van der Waals surface area contributed by atoms with Gasteiger partial charge in [0.1, 0.15) is 18.1 Å². The predicted octanol–water partition coefficient (Wildman–Crippen LogP) is 2.88. The van der Waals surface area contributed by atoms with E-state index in [2.05, 4.69) is 9.88 Å². The van der Waals surface area contributed by atoms with Crippen molar-refractivity contribution < 1.29 is 18.7 Å². The number of methoxy groups -OCH3 is 2. The van der Waals surface area contributed by atoms with Crippen LogP contribution in [-0.4, -0.2) is 42.7 Å². The Kier molecular flexibility index (Phi) is 5.15. The number of carbonyl (C=O) groups excluding carboxylic acids is 1. The maximum atomic E-state index is 11.9. The number of esters is 1. The molecule has 0 amide bonds. The van der Waals surface area contributed by atoms with Gasteiger partial charge >= 0.3 is 5.97 Å². The van der Waals surface area contributed by atoms with Gasteiger partial charge in [-0.2, -0.15) is 0 Å². The molecular weight excluding hydrogens is 308 g/mol. The highest BCUT2D eigenvalue weighted by Gasteiger charge is 2.30. The molecule has 0 spiro atoms. The highest BCUT2D eigenvalue weighted by molar-refractivity contribution is 5.75. The summed E-state index contributed by atoms with van der Waals surface area (Å²) in [5.74, 6) is 1.19. The summed E-state index contributed by atoms with van der Waals surface area (Å²) in [5, 5.41) is 0. The third-order valence-corrected chi connectivity index (χ3v) is 4.34. The second-order valence-corrected chi connectivity index (χ2v) is 5.88. The first-order valence-electron chi connectivity index (χ1n) is 8.12. The Morgan fingerprint density at radius 2 is 2.08 bits per heavy atom. The quantitative estimate of drug-likeness (QED) is 0.786. The topological polar surface area (TPSA) is 64.8 Å². The standard InChI is InChI=1S/C18H22N2O4/c1-22-15-8-6-13(7-9-15)17-19-14(12-24-17)11-20-10-4-3-5-16(20)18(21)23-2/h6-9,12,16H,3-5,10-11H2,1-2H3. The zero-order valence-corrected chi connectivity index (χ0v) is 14.0. The maximum Gasteiger partial charge on any atom is 0.323 e. The highest BCUT2D eigenvalue weighted by Crippen LogP contribution is 2.24. The molecule has 1 fully saturated rings. The molecule has 1 aliphatic heterocycles. The van der Waals surface area contributed by atoms with Crippen molar-refractivity contribution in [3.63, 3.8) is 0 Å². The predicted molar refractivity (Wildman–Crippen MR) is 88.6 cm³/mol. The lowest BCUT2D eigenvalue weighted by molar-refractivity contribution is -0.148. The summed E-state index contributed by atoms with van der Waals surface area (Å²) in [5.41, 5.74) is 1.71. The van der Waals surface area contributed by atoms with Gasteiger partial charge in [-0.3, -0.25) is 9.69 Å². The van der Waals surface area contributed by atoms with Crippen LogP contribution >= 0.6 is 0 Å². The van der Waals surface area contributed by atoms with Crippen LogP contribution in [0, 0.1) is 0 Å². The van der Waals surface area contributed by atoms with Crippen LogP contribution in [0.4, 0.5) is 0 Å². The average Bonchev–Trinajstić information content (AvgIpc) is 3.10. The van der Waals surface area contributed by atoms with E-state index in [0.717, 1.165) is 42.8 Å². The van der Waals surface area contributed by atoms with Gasteiger partial charge in [-0.25, -0.2) is 4.98 Å². The van der Waals surface area contributed by atoms with Gasteiger partial charge in [0, 0.05) is 12.1 Å². The normalized spacial score (nSPS) is 18.3. The molecule has 2 heterocycles. The van der Waals surface area contributed by atoms with E-state index in [0.29, 0.717) is 12.4 Å². The smallest absolute Gasteiger partial charge is 0.323 e. The van der Waals surface area contributed by atoms with Crippen molar-refractivity contribution in [3.05, 3.63) is 36.2 Å². The number of hydrogen-bond donors (Lipinski definition) is 0. The van der Waals surface area contributed by atoms with Crippen molar-refractivity contribution >= 4 is 5.97 Å². The van der Waals surface area contributed by atoms with Crippen LogP contribution < -0.4 is 4.74 Å². The largest absolute Gasteiger partial charge is 0.497 e. The highest BCUT2D eigenvalue weighted by atomic mass is 16.5. The molecule has 128 valence electrons. The molecule has 0 aliphatic carbocycles. The van der Waals surface area contributed by atoms with Gasteiger partial charge in [-0.15, -0.1) is 0 Å². The Morgan fingerprint density at radius 1 is 1.29 bits per heavy atom. The number of rotatable bonds is 5. The number of ether oxygens (including phenoxy) is 2. The van der Waals surface area contributed by atoms with Crippen molar-refractivity contribution in [1.29, 1.82) is 0 Å². The van der Waals surface area contributed by atoms with Crippen LogP contribution in [0.25, 0.3) is 11.5 Å². The third-order valence-electron chi connectivity index (χ3n) is 4.34. The fourth-order valence-electron chi connectivity index (χ4n) is 3.04. The molecule has 24 heavy (non-hydrogen) atoms. The number of benzene rings is 1. The fourth-order valence-corrected chi connectivity index (χ4v) is 3.04. The second kappa shape index (κ2) is 7.49. The fraction of sp³-hybridized carbons (Fsp3) is 0.444. The average molecular weight is 330 g/mol. The molecule has 1 saturated heterocycles. The van der Waals surface area contributed by atoms with E-state index in [1.54, 1.807) is 13.4 Å². The molecule has 1 aromatic carbocycles. The Bertz CT molecular complexity index is 681.